The molecule has 2 saturated heterocycles. The highest BCUT2D eigenvalue weighted by Gasteiger charge is 2.32. The number of aliphatic hydroxyl groups is 2. The van der Waals surface area contributed by atoms with Gasteiger partial charge in [0.15, 0.2) is 0 Å². The molecule has 3 atom stereocenters. The lowest BCUT2D eigenvalue weighted by Crippen LogP contribution is -2.41. The molecule has 0 aromatic rings. The molecule has 0 spiro atoms. The third-order valence-corrected chi connectivity index (χ3v) is 3.26. The van der Waals surface area contributed by atoms with Gasteiger partial charge in [-0.3, -0.25) is 4.90 Å². The molecule has 88 valence electrons. The van der Waals surface area contributed by atoms with Gasteiger partial charge >= 0.3 is 0 Å². The van der Waals surface area contributed by atoms with Gasteiger partial charge < -0.3 is 20.3 Å². The first-order valence-corrected chi connectivity index (χ1v) is 5.67. The summed E-state index contributed by atoms with van der Waals surface area (Å²) in [7, 11) is 0. The first-order valence-electron chi connectivity index (χ1n) is 5.67. The topological polar surface area (TPSA) is 65.0 Å². The third-order valence-electron chi connectivity index (χ3n) is 3.26. The quantitative estimate of drug-likeness (QED) is 0.530. The van der Waals surface area contributed by atoms with Crippen molar-refractivity contribution in [1.82, 2.24) is 10.2 Å². The van der Waals surface area contributed by atoms with Crippen LogP contribution < -0.4 is 5.32 Å². The number of rotatable bonds is 3. The van der Waals surface area contributed by atoms with Crippen molar-refractivity contribution in [2.45, 2.75) is 24.7 Å². The number of nitrogens with one attached hydrogen (secondary N) is 1. The largest absolute Gasteiger partial charge is 0.389 e. The molecule has 3 unspecified atom stereocenters. The van der Waals surface area contributed by atoms with Crippen LogP contribution in [0.4, 0.5) is 0 Å². The predicted octanol–water partition coefficient (Wildman–Crippen LogP) is -1.60. The fraction of sp³-hybridized carbons (Fsp3) is 1.00. The maximum atomic E-state index is 9.63. The zero-order chi connectivity index (χ0) is 10.7. The molecular formula is C10H20N2O3. The summed E-state index contributed by atoms with van der Waals surface area (Å²) >= 11 is 0. The molecule has 0 bridgehead atoms. The molecule has 15 heavy (non-hydrogen) atoms. The fourth-order valence-electron chi connectivity index (χ4n) is 2.20. The summed E-state index contributed by atoms with van der Waals surface area (Å²) in [6.45, 7) is 5.04. The Kier molecular flexibility index (Phi) is 3.93. The SMILES string of the molecule is OC1CNC(CCN2CCOCC2)C1O. The predicted molar refractivity (Wildman–Crippen MR) is 55.7 cm³/mol. The van der Waals surface area contributed by atoms with E-state index in [1.165, 1.54) is 0 Å². The molecule has 2 aliphatic rings. The maximum absolute atomic E-state index is 9.63. The normalized spacial score (nSPS) is 38.4. The van der Waals surface area contributed by atoms with E-state index in [4.69, 9.17) is 4.74 Å². The molecule has 5 heteroatoms. The van der Waals surface area contributed by atoms with E-state index in [0.717, 1.165) is 39.3 Å². The fourth-order valence-corrected chi connectivity index (χ4v) is 2.20. The number of morpholine rings is 1. The molecule has 2 aliphatic heterocycles. The van der Waals surface area contributed by atoms with E-state index >= 15 is 0 Å². The average molecular weight is 216 g/mol. The lowest BCUT2D eigenvalue weighted by Gasteiger charge is -2.28. The van der Waals surface area contributed by atoms with Crippen molar-refractivity contribution < 1.29 is 14.9 Å². The highest BCUT2D eigenvalue weighted by Crippen LogP contribution is 2.12. The number of ether oxygens (including phenoxy) is 1. The van der Waals surface area contributed by atoms with E-state index in [1.54, 1.807) is 0 Å². The van der Waals surface area contributed by atoms with Crippen molar-refractivity contribution in [3.8, 4) is 0 Å². The Hall–Kier alpha value is -0.200. The summed E-state index contributed by atoms with van der Waals surface area (Å²) in [6, 6.07) is 0.0443. The Labute approximate surface area is 90.0 Å². The molecule has 0 aromatic carbocycles. The molecule has 0 saturated carbocycles. The summed E-state index contributed by atoms with van der Waals surface area (Å²) in [4.78, 5) is 2.34. The molecule has 0 radical (unpaired) electrons. The van der Waals surface area contributed by atoms with Crippen molar-refractivity contribution in [3.63, 3.8) is 0 Å². The average Bonchev–Trinajstić information content (AvgIpc) is 2.59. The number of aliphatic hydroxyl groups excluding tert-OH is 2. The van der Waals surface area contributed by atoms with Gasteiger partial charge in [0.2, 0.25) is 0 Å². The van der Waals surface area contributed by atoms with E-state index in [0.29, 0.717) is 6.54 Å². The van der Waals surface area contributed by atoms with Crippen molar-refractivity contribution >= 4 is 0 Å². The molecule has 0 aliphatic carbocycles. The molecule has 3 N–H and O–H groups in total. The number of hydrogen-bond donors (Lipinski definition) is 3. The monoisotopic (exact) mass is 216 g/mol. The Morgan fingerprint density at radius 1 is 1.27 bits per heavy atom. The Morgan fingerprint density at radius 3 is 2.60 bits per heavy atom. The minimum atomic E-state index is -0.606. The first kappa shape index (κ1) is 11.3. The van der Waals surface area contributed by atoms with Crippen LogP contribution in [0.1, 0.15) is 6.42 Å². The van der Waals surface area contributed by atoms with Crippen LogP contribution in [-0.4, -0.2) is 72.8 Å². The zero-order valence-corrected chi connectivity index (χ0v) is 8.93. The Balaban J connectivity index is 1.68. The van der Waals surface area contributed by atoms with E-state index in [9.17, 15) is 10.2 Å². The number of β-amino-alcohol motifs (C(OH)–C–C–N with tert-alkyl or cyclic N) is 1. The minimum absolute atomic E-state index is 0.0443. The molecule has 2 fully saturated rings. The summed E-state index contributed by atoms with van der Waals surface area (Å²) in [5.41, 5.74) is 0. The van der Waals surface area contributed by atoms with Crippen LogP contribution in [0.5, 0.6) is 0 Å². The van der Waals surface area contributed by atoms with E-state index in [1.807, 2.05) is 0 Å². The second kappa shape index (κ2) is 5.23. The second-order valence-electron chi connectivity index (χ2n) is 4.32. The van der Waals surface area contributed by atoms with Crippen molar-refractivity contribution in [2.75, 3.05) is 39.4 Å². The number of hydrogen-bond acceptors (Lipinski definition) is 5. The number of nitrogens with zero attached hydrogens (tertiary/aromatic N) is 1. The summed E-state index contributed by atoms with van der Waals surface area (Å²) in [6.07, 6.45) is -0.316. The van der Waals surface area contributed by atoms with Crippen LogP contribution in [0.25, 0.3) is 0 Å². The Morgan fingerprint density at radius 2 is 2.00 bits per heavy atom. The van der Waals surface area contributed by atoms with Crippen LogP contribution in [-0.2, 0) is 4.74 Å². The highest BCUT2D eigenvalue weighted by molar-refractivity contribution is 4.90. The zero-order valence-electron chi connectivity index (χ0n) is 8.93. The second-order valence-corrected chi connectivity index (χ2v) is 4.32. The summed E-state index contributed by atoms with van der Waals surface area (Å²) in [5, 5.41) is 22.1. The van der Waals surface area contributed by atoms with Crippen LogP contribution in [0.15, 0.2) is 0 Å². The maximum Gasteiger partial charge on any atom is 0.0964 e. The summed E-state index contributed by atoms with van der Waals surface area (Å²) < 4.78 is 5.26. The van der Waals surface area contributed by atoms with Gasteiger partial charge in [-0.15, -0.1) is 0 Å². The van der Waals surface area contributed by atoms with Gasteiger partial charge in [0.25, 0.3) is 0 Å². The van der Waals surface area contributed by atoms with Crippen molar-refractivity contribution in [3.05, 3.63) is 0 Å². The van der Waals surface area contributed by atoms with E-state index in [-0.39, 0.29) is 6.04 Å². The highest BCUT2D eigenvalue weighted by atomic mass is 16.5. The molecular weight excluding hydrogens is 196 g/mol. The lowest BCUT2D eigenvalue weighted by molar-refractivity contribution is 0.0232. The standard InChI is InChI=1S/C10H20N2O3/c13-9-7-11-8(10(9)14)1-2-12-3-5-15-6-4-12/h8-11,13-14H,1-7H2. The van der Waals surface area contributed by atoms with Gasteiger partial charge in [0.1, 0.15) is 0 Å². The van der Waals surface area contributed by atoms with E-state index < -0.39 is 12.2 Å². The molecule has 0 amide bonds. The van der Waals surface area contributed by atoms with Crippen LogP contribution in [0.3, 0.4) is 0 Å². The van der Waals surface area contributed by atoms with Gasteiger partial charge in [0.05, 0.1) is 25.4 Å². The van der Waals surface area contributed by atoms with Crippen LogP contribution >= 0.6 is 0 Å². The van der Waals surface area contributed by atoms with Gasteiger partial charge in [-0.05, 0) is 13.0 Å². The van der Waals surface area contributed by atoms with E-state index in [2.05, 4.69) is 10.2 Å². The van der Waals surface area contributed by atoms with Crippen LogP contribution in [0.2, 0.25) is 0 Å². The van der Waals surface area contributed by atoms with Gasteiger partial charge in [-0.1, -0.05) is 0 Å². The Bertz CT molecular complexity index is 197. The van der Waals surface area contributed by atoms with Gasteiger partial charge in [-0.2, -0.15) is 0 Å². The smallest absolute Gasteiger partial charge is 0.0964 e. The first-order chi connectivity index (χ1) is 7.27. The van der Waals surface area contributed by atoms with Crippen molar-refractivity contribution in [1.29, 1.82) is 0 Å². The van der Waals surface area contributed by atoms with Gasteiger partial charge in [-0.25, -0.2) is 0 Å². The lowest BCUT2D eigenvalue weighted by atomic mass is 10.1. The molecule has 0 aromatic heterocycles. The molecule has 2 rings (SSSR count). The minimum Gasteiger partial charge on any atom is -0.389 e. The summed E-state index contributed by atoms with van der Waals surface area (Å²) in [5.74, 6) is 0. The van der Waals surface area contributed by atoms with Gasteiger partial charge in [0, 0.05) is 25.7 Å². The molecule has 5 nitrogen and oxygen atoms in total. The van der Waals surface area contributed by atoms with Crippen LogP contribution in [0, 0.1) is 0 Å². The third kappa shape index (κ3) is 2.89. The van der Waals surface area contributed by atoms with Crippen molar-refractivity contribution in [2.24, 2.45) is 0 Å². The molecule has 2 heterocycles.